The first-order valence-corrected chi connectivity index (χ1v) is 10.6. The number of aromatic amines is 1. The summed E-state index contributed by atoms with van der Waals surface area (Å²) in [4.78, 5) is 35.1. The van der Waals surface area contributed by atoms with Crippen LogP contribution in [0.5, 0.6) is 0 Å². The van der Waals surface area contributed by atoms with Gasteiger partial charge in [0, 0.05) is 26.2 Å². The van der Waals surface area contributed by atoms with E-state index in [-0.39, 0.29) is 16.5 Å². The van der Waals surface area contributed by atoms with Crippen molar-refractivity contribution in [1.82, 2.24) is 24.0 Å². The average Bonchev–Trinajstić information content (AvgIpc) is 3.30. The van der Waals surface area contributed by atoms with Gasteiger partial charge in [-0.2, -0.15) is 4.98 Å². The van der Waals surface area contributed by atoms with Crippen molar-refractivity contribution >= 4 is 22.8 Å². The molecule has 0 saturated carbocycles. The Morgan fingerprint density at radius 3 is 2.34 bits per heavy atom. The number of aryl methyl sites for hydroxylation is 1. The number of halogens is 1. The number of hydrogen-bond acceptors (Lipinski definition) is 4. The summed E-state index contributed by atoms with van der Waals surface area (Å²) < 4.78 is 2.89. The van der Waals surface area contributed by atoms with Crippen molar-refractivity contribution in [1.29, 1.82) is 0 Å². The third-order valence-corrected chi connectivity index (χ3v) is 5.76. The lowest BCUT2D eigenvalue weighted by molar-refractivity contribution is 0.275. The van der Waals surface area contributed by atoms with Crippen molar-refractivity contribution < 1.29 is 0 Å². The van der Waals surface area contributed by atoms with Gasteiger partial charge in [0.2, 0.25) is 5.28 Å². The monoisotopic (exact) mass is 415 g/mol. The van der Waals surface area contributed by atoms with E-state index >= 15 is 0 Å². The van der Waals surface area contributed by atoms with Gasteiger partial charge in [-0.15, -0.1) is 0 Å². The molecule has 0 bridgehead atoms. The fourth-order valence-corrected chi connectivity index (χ4v) is 4.20. The van der Waals surface area contributed by atoms with Crippen molar-refractivity contribution in [3.8, 4) is 0 Å². The second-order valence-electron chi connectivity index (χ2n) is 7.66. The van der Waals surface area contributed by atoms with E-state index in [2.05, 4.69) is 46.1 Å². The Bertz CT molecular complexity index is 1110. The summed E-state index contributed by atoms with van der Waals surface area (Å²) in [6.07, 6.45) is 3.48. The molecule has 2 aromatic heterocycles. The molecule has 0 radical (unpaired) electrons. The molecular formula is C21H26ClN5O2. The van der Waals surface area contributed by atoms with Gasteiger partial charge >= 0.3 is 5.69 Å². The second kappa shape index (κ2) is 8.55. The van der Waals surface area contributed by atoms with E-state index in [1.165, 1.54) is 15.7 Å². The molecule has 1 aliphatic rings. The van der Waals surface area contributed by atoms with Gasteiger partial charge < -0.3 is 4.98 Å². The number of rotatable bonds is 8. The fourth-order valence-electron chi connectivity index (χ4n) is 4.02. The minimum Gasteiger partial charge on any atom is -0.323 e. The largest absolute Gasteiger partial charge is 0.332 e. The topological polar surface area (TPSA) is 75.9 Å². The lowest BCUT2D eigenvalue weighted by Crippen LogP contribution is -2.40. The van der Waals surface area contributed by atoms with Crippen molar-refractivity contribution in [3.05, 3.63) is 61.5 Å². The van der Waals surface area contributed by atoms with E-state index in [0.717, 1.165) is 45.3 Å². The first-order valence-electron chi connectivity index (χ1n) is 10.3. The molecule has 1 N–H and O–H groups in total. The highest BCUT2D eigenvalue weighted by Gasteiger charge is 2.19. The van der Waals surface area contributed by atoms with E-state index in [0.29, 0.717) is 24.3 Å². The number of H-pyrrole nitrogens is 1. The molecule has 0 saturated heterocycles. The Morgan fingerprint density at radius 1 is 1.00 bits per heavy atom. The van der Waals surface area contributed by atoms with Gasteiger partial charge in [-0.3, -0.25) is 18.8 Å². The number of aromatic nitrogens is 4. The second-order valence-corrected chi connectivity index (χ2v) is 8.02. The maximum absolute atomic E-state index is 12.9. The molecule has 3 aromatic rings. The van der Waals surface area contributed by atoms with Crippen LogP contribution in [0.1, 0.15) is 43.7 Å². The van der Waals surface area contributed by atoms with E-state index in [4.69, 9.17) is 11.6 Å². The van der Waals surface area contributed by atoms with Gasteiger partial charge in [0.05, 0.1) is 0 Å². The van der Waals surface area contributed by atoms with Crippen LogP contribution < -0.4 is 11.2 Å². The van der Waals surface area contributed by atoms with Crippen LogP contribution in [0.4, 0.5) is 0 Å². The Balaban J connectivity index is 1.45. The molecule has 0 fully saturated rings. The van der Waals surface area contributed by atoms with Gasteiger partial charge in [0.25, 0.3) is 5.56 Å². The summed E-state index contributed by atoms with van der Waals surface area (Å²) in [5.74, 6) is 0. The number of unbranched alkanes of at least 4 members (excludes halogenated alkanes) is 2. The quantitative estimate of drug-likeness (QED) is 0.453. The molecule has 0 unspecified atom stereocenters. The molecule has 29 heavy (non-hydrogen) atoms. The summed E-state index contributed by atoms with van der Waals surface area (Å²) in [5.41, 5.74) is 2.80. The molecule has 4 rings (SSSR count). The summed E-state index contributed by atoms with van der Waals surface area (Å²) in [6, 6.07) is 8.52. The zero-order valence-electron chi connectivity index (χ0n) is 16.7. The highest BCUT2D eigenvalue weighted by molar-refractivity contribution is 6.28. The maximum atomic E-state index is 12.9. The summed E-state index contributed by atoms with van der Waals surface area (Å²) in [6.45, 7) is 5.88. The van der Waals surface area contributed by atoms with Gasteiger partial charge in [0.1, 0.15) is 0 Å². The molecule has 3 heterocycles. The van der Waals surface area contributed by atoms with E-state index in [1.54, 1.807) is 4.57 Å². The van der Waals surface area contributed by atoms with Crippen molar-refractivity contribution in [2.24, 2.45) is 0 Å². The first kappa shape index (κ1) is 19.9. The van der Waals surface area contributed by atoms with Crippen molar-refractivity contribution in [2.45, 2.75) is 58.8 Å². The lowest BCUT2D eigenvalue weighted by Gasteiger charge is -2.15. The molecule has 154 valence electrons. The van der Waals surface area contributed by atoms with E-state index in [9.17, 15) is 9.59 Å². The number of imidazole rings is 1. The predicted octanol–water partition coefficient (Wildman–Crippen LogP) is 3.14. The van der Waals surface area contributed by atoms with Crippen LogP contribution in [0.15, 0.2) is 33.9 Å². The lowest BCUT2D eigenvalue weighted by atomic mass is 10.1. The summed E-state index contributed by atoms with van der Waals surface area (Å²) >= 11 is 5.97. The molecule has 7 nitrogen and oxygen atoms in total. The molecule has 0 amide bonds. The molecule has 0 atom stereocenters. The minimum atomic E-state index is -0.342. The fraction of sp³-hybridized carbons (Fsp3) is 0.476. The van der Waals surface area contributed by atoms with Gasteiger partial charge in [-0.1, -0.05) is 37.6 Å². The van der Waals surface area contributed by atoms with E-state index < -0.39 is 0 Å². The SMILES string of the molecule is CCCCn1c(=O)n(CCCCN2Cc3ccccc3C2)c(=O)c2[nH]c(Cl)nc21. The standard InChI is InChI=1S/C21H26ClN5O2/c1-2-3-11-26-18-17(23-20(22)24-18)19(28)27(21(26)29)12-7-6-10-25-13-15-8-4-5-9-16(15)14-25/h4-5,8-9H,2-3,6-7,10-14H2,1H3,(H,23,24). The molecule has 0 aliphatic carbocycles. The summed E-state index contributed by atoms with van der Waals surface area (Å²) in [5, 5.41) is 0.132. The smallest absolute Gasteiger partial charge is 0.323 e. The zero-order chi connectivity index (χ0) is 20.4. The van der Waals surface area contributed by atoms with Crippen molar-refractivity contribution in [2.75, 3.05) is 6.54 Å². The van der Waals surface area contributed by atoms with E-state index in [1.807, 2.05) is 0 Å². The minimum absolute atomic E-state index is 0.132. The normalized spacial score (nSPS) is 14.0. The van der Waals surface area contributed by atoms with Crippen LogP contribution in [0.3, 0.4) is 0 Å². The molecular weight excluding hydrogens is 390 g/mol. The zero-order valence-corrected chi connectivity index (χ0v) is 17.4. The Hall–Kier alpha value is -2.38. The van der Waals surface area contributed by atoms with Crippen LogP contribution in [0.25, 0.3) is 11.2 Å². The van der Waals surface area contributed by atoms with Crippen LogP contribution in [-0.4, -0.2) is 30.5 Å². The summed E-state index contributed by atoms with van der Waals surface area (Å²) in [7, 11) is 0. The Kier molecular flexibility index (Phi) is 5.87. The highest BCUT2D eigenvalue weighted by atomic mass is 35.5. The Labute approximate surface area is 173 Å². The van der Waals surface area contributed by atoms with Gasteiger partial charge in [0.15, 0.2) is 11.2 Å². The number of fused-ring (bicyclic) bond motifs is 2. The number of hydrogen-bond donors (Lipinski definition) is 1. The molecule has 1 aliphatic heterocycles. The predicted molar refractivity (Wildman–Crippen MR) is 114 cm³/mol. The van der Waals surface area contributed by atoms with Gasteiger partial charge in [-0.05, 0) is 48.5 Å². The highest BCUT2D eigenvalue weighted by Crippen LogP contribution is 2.22. The third kappa shape index (κ3) is 4.02. The van der Waals surface area contributed by atoms with Crippen LogP contribution in [0, 0.1) is 0 Å². The Morgan fingerprint density at radius 2 is 1.66 bits per heavy atom. The first-order chi connectivity index (χ1) is 14.1. The van der Waals surface area contributed by atoms with Crippen LogP contribution in [0.2, 0.25) is 5.28 Å². The van der Waals surface area contributed by atoms with Crippen LogP contribution in [-0.2, 0) is 26.2 Å². The van der Waals surface area contributed by atoms with Crippen LogP contribution >= 0.6 is 11.6 Å². The maximum Gasteiger partial charge on any atom is 0.332 e. The molecule has 0 spiro atoms. The molecule has 1 aromatic carbocycles. The average molecular weight is 416 g/mol. The van der Waals surface area contributed by atoms with Crippen molar-refractivity contribution in [3.63, 3.8) is 0 Å². The number of nitrogens with zero attached hydrogens (tertiary/aromatic N) is 4. The third-order valence-electron chi connectivity index (χ3n) is 5.58. The molecule has 8 heteroatoms. The number of nitrogens with one attached hydrogen (secondary N) is 1. The van der Waals surface area contributed by atoms with Gasteiger partial charge in [-0.25, -0.2) is 4.79 Å². The number of benzene rings is 1.